The van der Waals surface area contributed by atoms with Crippen molar-refractivity contribution in [3.05, 3.63) is 28.3 Å². The summed E-state index contributed by atoms with van der Waals surface area (Å²) in [6.07, 6.45) is 0. The Balaban J connectivity index is 2.95. The smallest absolute Gasteiger partial charge is 0.119 e. The van der Waals surface area contributed by atoms with E-state index in [1.54, 1.807) is 14.2 Å². The predicted molar refractivity (Wildman–Crippen MR) is 56.6 cm³/mol. The highest BCUT2D eigenvalue weighted by Crippen LogP contribution is 2.26. The lowest BCUT2D eigenvalue weighted by Crippen LogP contribution is -2.11. The Kier molecular flexibility index (Phi) is 4.20. The van der Waals surface area contributed by atoms with Crippen LogP contribution in [0.4, 0.5) is 0 Å². The Labute approximate surface area is 88.9 Å². The summed E-state index contributed by atoms with van der Waals surface area (Å²) in [5.41, 5.74) is 4.71. The second-order valence-electron chi connectivity index (χ2n) is 2.94. The van der Waals surface area contributed by atoms with Gasteiger partial charge in [-0.15, -0.1) is 0 Å². The van der Waals surface area contributed by atoms with Crippen molar-refractivity contribution in [3.63, 3.8) is 0 Å². The van der Waals surface area contributed by atoms with Gasteiger partial charge >= 0.3 is 0 Å². The predicted octanol–water partition coefficient (Wildman–Crippen LogP) is 2.31. The summed E-state index contributed by atoms with van der Waals surface area (Å²) in [4.78, 5) is 4.76. The lowest BCUT2D eigenvalue weighted by molar-refractivity contribution is 0.0867. The zero-order chi connectivity index (χ0) is 10.6. The van der Waals surface area contributed by atoms with Crippen molar-refractivity contribution >= 4 is 11.6 Å². The van der Waals surface area contributed by atoms with E-state index >= 15 is 0 Å². The molecule has 0 saturated heterocycles. The number of rotatable bonds is 4. The van der Waals surface area contributed by atoms with Gasteiger partial charge in [0.2, 0.25) is 0 Å². The second-order valence-corrected chi connectivity index (χ2v) is 3.32. The monoisotopic (exact) mass is 215 g/mol. The van der Waals surface area contributed by atoms with Gasteiger partial charge in [0.25, 0.3) is 0 Å². The number of aryl methyl sites for hydroxylation is 1. The molecule has 0 radical (unpaired) electrons. The second kappa shape index (κ2) is 5.20. The Bertz CT molecular complexity index is 315. The van der Waals surface area contributed by atoms with Crippen LogP contribution in [0.15, 0.2) is 12.1 Å². The van der Waals surface area contributed by atoms with Crippen LogP contribution in [0.5, 0.6) is 5.75 Å². The Morgan fingerprint density at radius 1 is 1.36 bits per heavy atom. The molecule has 4 heteroatoms. The number of methoxy groups -OCH3 is 1. The van der Waals surface area contributed by atoms with Crippen LogP contribution in [0.3, 0.4) is 0 Å². The molecule has 0 aromatic heterocycles. The first-order valence-electron chi connectivity index (χ1n) is 4.28. The third-order valence-corrected chi connectivity index (χ3v) is 2.49. The average Bonchev–Trinajstić information content (AvgIpc) is 2.20. The molecule has 0 bridgehead atoms. The van der Waals surface area contributed by atoms with Gasteiger partial charge in [-0.05, 0) is 30.2 Å². The molecule has 1 aromatic rings. The first kappa shape index (κ1) is 11.3. The van der Waals surface area contributed by atoms with Crippen molar-refractivity contribution in [2.75, 3.05) is 14.2 Å². The van der Waals surface area contributed by atoms with Crippen LogP contribution in [0.1, 0.15) is 11.1 Å². The van der Waals surface area contributed by atoms with Crippen molar-refractivity contribution in [1.29, 1.82) is 0 Å². The number of benzene rings is 1. The van der Waals surface area contributed by atoms with E-state index in [4.69, 9.17) is 21.2 Å². The number of hydrogen-bond donors (Lipinski definition) is 1. The number of nitrogens with one attached hydrogen (secondary N) is 1. The summed E-state index contributed by atoms with van der Waals surface area (Å²) in [6.45, 7) is 2.51. The van der Waals surface area contributed by atoms with Gasteiger partial charge in [0.1, 0.15) is 5.75 Å². The van der Waals surface area contributed by atoms with E-state index in [1.165, 1.54) is 0 Å². The Hall–Kier alpha value is -0.770. The van der Waals surface area contributed by atoms with Crippen molar-refractivity contribution in [1.82, 2.24) is 5.48 Å². The SMILES string of the molecule is CONCc1cc(OC)cc(C)c1Cl. The van der Waals surface area contributed by atoms with Crippen LogP contribution in [0.25, 0.3) is 0 Å². The molecule has 0 heterocycles. The first-order valence-corrected chi connectivity index (χ1v) is 4.65. The summed E-state index contributed by atoms with van der Waals surface area (Å²) >= 11 is 6.11. The normalized spacial score (nSPS) is 10.3. The van der Waals surface area contributed by atoms with Gasteiger partial charge < -0.3 is 9.57 Å². The molecule has 0 atom stereocenters. The highest BCUT2D eigenvalue weighted by atomic mass is 35.5. The van der Waals surface area contributed by atoms with E-state index in [9.17, 15) is 0 Å². The third-order valence-electron chi connectivity index (χ3n) is 1.95. The molecule has 78 valence electrons. The van der Waals surface area contributed by atoms with E-state index in [-0.39, 0.29) is 0 Å². The molecule has 14 heavy (non-hydrogen) atoms. The van der Waals surface area contributed by atoms with Gasteiger partial charge in [0, 0.05) is 11.6 Å². The maximum atomic E-state index is 6.11. The molecule has 0 aliphatic heterocycles. The minimum Gasteiger partial charge on any atom is -0.497 e. The Morgan fingerprint density at radius 2 is 2.07 bits per heavy atom. The molecule has 0 unspecified atom stereocenters. The topological polar surface area (TPSA) is 30.5 Å². The number of hydroxylamine groups is 1. The van der Waals surface area contributed by atoms with Gasteiger partial charge in [0.15, 0.2) is 0 Å². The summed E-state index contributed by atoms with van der Waals surface area (Å²) in [6, 6.07) is 3.79. The van der Waals surface area contributed by atoms with Crippen molar-refractivity contribution in [2.24, 2.45) is 0 Å². The van der Waals surface area contributed by atoms with Crippen LogP contribution in [-0.4, -0.2) is 14.2 Å². The third kappa shape index (κ3) is 2.61. The molecule has 1 N–H and O–H groups in total. The Morgan fingerprint density at radius 3 is 2.64 bits per heavy atom. The van der Waals surface area contributed by atoms with E-state index in [2.05, 4.69) is 5.48 Å². The van der Waals surface area contributed by atoms with Crippen molar-refractivity contribution in [2.45, 2.75) is 13.5 Å². The highest BCUT2D eigenvalue weighted by molar-refractivity contribution is 6.32. The van der Waals surface area contributed by atoms with E-state index < -0.39 is 0 Å². The zero-order valence-electron chi connectivity index (χ0n) is 8.56. The molecule has 0 spiro atoms. The summed E-state index contributed by atoms with van der Waals surface area (Å²) in [5, 5.41) is 0.746. The molecule has 0 fully saturated rings. The standard InChI is InChI=1S/C10H14ClNO2/c1-7-4-9(13-2)5-8(10(7)11)6-12-14-3/h4-5,12H,6H2,1-3H3. The van der Waals surface area contributed by atoms with Gasteiger partial charge in [0.05, 0.1) is 14.2 Å². The molecule has 0 amide bonds. The van der Waals surface area contributed by atoms with Gasteiger partial charge in [-0.3, -0.25) is 0 Å². The molecule has 0 aliphatic carbocycles. The maximum absolute atomic E-state index is 6.11. The summed E-state index contributed by atoms with van der Waals surface area (Å²) in [7, 11) is 3.21. The lowest BCUT2D eigenvalue weighted by Gasteiger charge is -2.10. The fourth-order valence-corrected chi connectivity index (χ4v) is 1.38. The van der Waals surface area contributed by atoms with Crippen LogP contribution < -0.4 is 10.2 Å². The van der Waals surface area contributed by atoms with Crippen LogP contribution in [0.2, 0.25) is 5.02 Å². The van der Waals surface area contributed by atoms with Gasteiger partial charge in [-0.1, -0.05) is 11.6 Å². The molecule has 1 aromatic carbocycles. The summed E-state index contributed by atoms with van der Waals surface area (Å²) in [5.74, 6) is 0.805. The number of halogens is 1. The van der Waals surface area contributed by atoms with Gasteiger partial charge in [-0.25, -0.2) is 0 Å². The quantitative estimate of drug-likeness (QED) is 0.782. The first-order chi connectivity index (χ1) is 6.69. The largest absolute Gasteiger partial charge is 0.497 e. The fraction of sp³-hybridized carbons (Fsp3) is 0.400. The minimum absolute atomic E-state index is 0.563. The number of hydrogen-bond acceptors (Lipinski definition) is 3. The highest BCUT2D eigenvalue weighted by Gasteiger charge is 2.06. The maximum Gasteiger partial charge on any atom is 0.119 e. The molecule has 1 rings (SSSR count). The van der Waals surface area contributed by atoms with Crippen molar-refractivity contribution < 1.29 is 9.57 Å². The minimum atomic E-state index is 0.563. The molecule has 0 aliphatic rings. The molecular formula is C10H14ClNO2. The molecule has 3 nitrogen and oxygen atoms in total. The van der Waals surface area contributed by atoms with E-state index in [0.29, 0.717) is 6.54 Å². The lowest BCUT2D eigenvalue weighted by atomic mass is 10.1. The van der Waals surface area contributed by atoms with E-state index in [1.807, 2.05) is 19.1 Å². The van der Waals surface area contributed by atoms with Crippen LogP contribution in [0, 0.1) is 6.92 Å². The van der Waals surface area contributed by atoms with E-state index in [0.717, 1.165) is 21.9 Å². The van der Waals surface area contributed by atoms with Crippen LogP contribution in [-0.2, 0) is 11.4 Å². The fourth-order valence-electron chi connectivity index (χ4n) is 1.20. The zero-order valence-corrected chi connectivity index (χ0v) is 9.31. The van der Waals surface area contributed by atoms with Crippen molar-refractivity contribution in [3.8, 4) is 5.75 Å². The molecular weight excluding hydrogens is 202 g/mol. The van der Waals surface area contributed by atoms with Crippen LogP contribution >= 0.6 is 11.6 Å². The average molecular weight is 216 g/mol. The number of ether oxygens (including phenoxy) is 1. The van der Waals surface area contributed by atoms with Gasteiger partial charge in [-0.2, -0.15) is 5.48 Å². The molecule has 0 saturated carbocycles. The summed E-state index contributed by atoms with van der Waals surface area (Å²) < 4.78 is 5.14.